The summed E-state index contributed by atoms with van der Waals surface area (Å²) in [6.45, 7) is 10.5. The molecule has 5 heterocycles. The van der Waals surface area contributed by atoms with E-state index in [-0.39, 0.29) is 37.9 Å². The zero-order valence-electron chi connectivity index (χ0n) is 38.5. The van der Waals surface area contributed by atoms with Crippen molar-refractivity contribution >= 4 is 61.4 Å². The molecule has 3 aromatic rings. The van der Waals surface area contributed by atoms with Crippen LogP contribution < -0.4 is 30.7 Å². The van der Waals surface area contributed by atoms with E-state index in [0.29, 0.717) is 72.6 Å². The summed E-state index contributed by atoms with van der Waals surface area (Å²) in [5.41, 5.74) is -0.223. The number of methoxy groups -OCH3 is 1. The van der Waals surface area contributed by atoms with Gasteiger partial charge in [0.1, 0.15) is 40.9 Å². The van der Waals surface area contributed by atoms with Crippen LogP contribution in [0.15, 0.2) is 29.6 Å². The van der Waals surface area contributed by atoms with E-state index in [0.717, 1.165) is 30.8 Å². The monoisotopic (exact) mass is 939 g/mol. The number of aliphatic carboxylic acids is 1. The molecule has 2 aromatic heterocycles. The van der Waals surface area contributed by atoms with Gasteiger partial charge >= 0.3 is 12.0 Å². The molecule has 3 aliphatic heterocycles. The fourth-order valence-corrected chi connectivity index (χ4v) is 11.5. The number of urea groups is 1. The van der Waals surface area contributed by atoms with E-state index in [2.05, 4.69) is 21.3 Å². The van der Waals surface area contributed by atoms with E-state index in [1.807, 2.05) is 46.1 Å². The number of pyridine rings is 1. The second-order valence-electron chi connectivity index (χ2n) is 19.3. The molecule has 1 aromatic carbocycles. The zero-order chi connectivity index (χ0) is 46.8. The molecule has 6 atom stereocenters. The Morgan fingerprint density at radius 2 is 1.77 bits per heavy atom. The molecule has 3 saturated heterocycles. The number of carbonyl (C=O) groups is 4. The van der Waals surface area contributed by atoms with Crippen LogP contribution >= 0.6 is 11.3 Å². The van der Waals surface area contributed by atoms with Gasteiger partial charge in [0.15, 0.2) is 5.13 Å². The number of aromatic nitrogens is 2. The van der Waals surface area contributed by atoms with Crippen molar-refractivity contribution in [2.24, 2.45) is 11.3 Å². The predicted octanol–water partition coefficient (Wildman–Crippen LogP) is 5.20. The number of hydrogen-bond donors (Lipinski definition) is 5. The van der Waals surface area contributed by atoms with Crippen LogP contribution in [0.1, 0.15) is 98.8 Å². The summed E-state index contributed by atoms with van der Waals surface area (Å²) in [6.07, 6.45) is 5.19. The van der Waals surface area contributed by atoms with Gasteiger partial charge in [-0.3, -0.25) is 9.59 Å². The maximum atomic E-state index is 15.0. The van der Waals surface area contributed by atoms with Gasteiger partial charge in [-0.05, 0) is 63.0 Å². The Kier molecular flexibility index (Phi) is 14.5. The molecule has 1 aliphatic carbocycles. The van der Waals surface area contributed by atoms with Crippen molar-refractivity contribution in [1.29, 1.82) is 0 Å². The minimum atomic E-state index is -3.72. The van der Waals surface area contributed by atoms with Crippen LogP contribution in [0.3, 0.4) is 0 Å². The third-order valence-electron chi connectivity index (χ3n) is 13.1. The summed E-state index contributed by atoms with van der Waals surface area (Å²) in [4.78, 5) is 67.3. The molecule has 4 fully saturated rings. The molecular weight excluding hydrogens is 875 g/mol. The SMILES string of the molecule is COc1ccc2c(O[C@@H]3C[C@H]4C(=O)N[C@]5(C(=O)O)CC5CCCCCCC[C@H](NC(=O)N[C@H](CN5CCCN(C)S5(=O)=O)C(C)(C)C)C(=O)N4C3)cc(-c3csc(NC(C)C)n3)nc2c1. The van der Waals surface area contributed by atoms with Gasteiger partial charge in [-0.2, -0.15) is 17.0 Å². The molecule has 1 saturated carbocycles. The first-order valence-corrected chi connectivity index (χ1v) is 25.1. The molecule has 1 unspecified atom stereocenters. The van der Waals surface area contributed by atoms with E-state index in [1.165, 1.54) is 31.9 Å². The van der Waals surface area contributed by atoms with Gasteiger partial charge in [0, 0.05) is 68.1 Å². The zero-order valence-corrected chi connectivity index (χ0v) is 40.1. The summed E-state index contributed by atoms with van der Waals surface area (Å²) in [6, 6.07) is 3.98. The second-order valence-corrected chi connectivity index (χ2v) is 22.2. The molecule has 0 spiro atoms. The highest BCUT2D eigenvalue weighted by Gasteiger charge is 2.62. The number of carboxylic acid groups (broad SMARTS) is 1. The van der Waals surface area contributed by atoms with E-state index < -0.39 is 69.2 Å². The molecule has 7 rings (SSSR count). The van der Waals surface area contributed by atoms with Crippen LogP contribution in [0.25, 0.3) is 22.3 Å². The minimum absolute atomic E-state index is 0.0281. The summed E-state index contributed by atoms with van der Waals surface area (Å²) < 4.78 is 41.4. The lowest BCUT2D eigenvalue weighted by Gasteiger charge is -2.39. The fraction of sp³-hybridized carbons (Fsp3) is 0.644. The number of nitrogens with zero attached hydrogens (tertiary/aromatic N) is 5. The van der Waals surface area contributed by atoms with Gasteiger partial charge in [0.2, 0.25) is 11.8 Å². The second kappa shape index (κ2) is 19.6. The topological polar surface area (TPSA) is 225 Å². The van der Waals surface area contributed by atoms with Gasteiger partial charge in [-0.15, -0.1) is 11.3 Å². The molecule has 4 aliphatic rings. The maximum Gasteiger partial charge on any atom is 0.329 e. The summed E-state index contributed by atoms with van der Waals surface area (Å²) >= 11 is 1.45. The summed E-state index contributed by atoms with van der Waals surface area (Å²) in [5.74, 6) is -1.37. The lowest BCUT2D eigenvalue weighted by Crippen LogP contribution is -2.60. The maximum absolute atomic E-state index is 15.0. The van der Waals surface area contributed by atoms with Crippen molar-refractivity contribution in [2.75, 3.05) is 45.7 Å². The lowest BCUT2D eigenvalue weighted by atomic mass is 9.86. The average molecular weight is 940 g/mol. The summed E-state index contributed by atoms with van der Waals surface area (Å²) in [5, 5.41) is 25.8. The number of thiazole rings is 1. The number of carboxylic acids is 1. The smallest absolute Gasteiger partial charge is 0.329 e. The van der Waals surface area contributed by atoms with Crippen LogP contribution in [-0.4, -0.2) is 137 Å². The molecule has 0 bridgehead atoms. The van der Waals surface area contributed by atoms with E-state index in [1.54, 1.807) is 25.3 Å². The van der Waals surface area contributed by atoms with Crippen molar-refractivity contribution in [3.63, 3.8) is 0 Å². The van der Waals surface area contributed by atoms with Crippen LogP contribution in [-0.2, 0) is 24.6 Å². The first-order valence-electron chi connectivity index (χ1n) is 22.8. The van der Waals surface area contributed by atoms with Crippen molar-refractivity contribution in [1.82, 2.24) is 39.4 Å². The third kappa shape index (κ3) is 10.9. The van der Waals surface area contributed by atoms with Gasteiger partial charge in [0.05, 0.1) is 24.9 Å². The number of anilines is 1. The number of benzene rings is 1. The van der Waals surface area contributed by atoms with E-state index in [4.69, 9.17) is 19.4 Å². The minimum Gasteiger partial charge on any atom is -0.497 e. The Hall–Kier alpha value is -4.79. The highest BCUT2D eigenvalue weighted by molar-refractivity contribution is 7.86. The van der Waals surface area contributed by atoms with Crippen molar-refractivity contribution in [2.45, 2.75) is 135 Å². The molecule has 4 amide bonds. The van der Waals surface area contributed by atoms with Gasteiger partial charge in [0.25, 0.3) is 10.2 Å². The van der Waals surface area contributed by atoms with Crippen molar-refractivity contribution < 1.29 is 42.2 Å². The van der Waals surface area contributed by atoms with Crippen molar-refractivity contribution in [3.05, 3.63) is 29.6 Å². The molecule has 65 heavy (non-hydrogen) atoms. The molecule has 0 radical (unpaired) electrons. The predicted molar refractivity (Wildman–Crippen MR) is 248 cm³/mol. The Morgan fingerprint density at radius 3 is 2.48 bits per heavy atom. The molecule has 18 nitrogen and oxygen atoms in total. The number of ether oxygens (including phenoxy) is 2. The fourth-order valence-electron chi connectivity index (χ4n) is 9.15. The standard InChI is InChI=1S/C45H65N9O9S2/c1-27(2)46-43-49-35(26-64-43)34-22-37(31-17-16-29(62-7)20-33(31)47-34)63-30-21-36-39(55)51-45(41(57)58)23-28(45)14-11-9-8-10-12-15-32(40(56)54(36)24-30)48-42(59)50-38(44(3,4)5)25-53-19-13-18-52(6)65(53,60)61/h16-17,20,22,26-28,30,32,36,38H,8-15,18-19,21,23-25H2,1-7H3,(H,46,49)(H,51,55)(H,57,58)(H2,48,50,59)/t28?,30-,32+,36+,38-,45-/m1/s1. The van der Waals surface area contributed by atoms with E-state index in [9.17, 15) is 32.7 Å². The van der Waals surface area contributed by atoms with Gasteiger partial charge < -0.3 is 40.7 Å². The molecule has 356 valence electrons. The van der Waals surface area contributed by atoms with Gasteiger partial charge in [-0.25, -0.2) is 19.6 Å². The van der Waals surface area contributed by atoms with Crippen LogP contribution in [0.2, 0.25) is 0 Å². The van der Waals surface area contributed by atoms with Gasteiger partial charge in [-0.1, -0.05) is 52.9 Å². The summed E-state index contributed by atoms with van der Waals surface area (Å²) in [7, 11) is -0.605. The number of rotatable bonds is 11. The number of amides is 4. The Morgan fingerprint density at radius 1 is 1.03 bits per heavy atom. The molecule has 5 N–H and O–H groups in total. The number of nitrogens with one attached hydrogen (secondary N) is 4. The average Bonchev–Trinajstić information content (AvgIpc) is 3.51. The Balaban J connectivity index is 1.18. The van der Waals surface area contributed by atoms with Crippen LogP contribution in [0.5, 0.6) is 11.5 Å². The molecule has 20 heteroatoms. The largest absolute Gasteiger partial charge is 0.497 e. The van der Waals surface area contributed by atoms with Crippen LogP contribution in [0, 0.1) is 11.3 Å². The first-order chi connectivity index (χ1) is 30.8. The number of carbonyl (C=O) groups excluding carboxylic acids is 3. The normalized spacial score (nSPS) is 26.2. The number of fused-ring (bicyclic) bond motifs is 3. The Bertz CT molecular complexity index is 2360. The molecular formula is C45H65N9O9S2. The third-order valence-corrected chi connectivity index (χ3v) is 15.8. The Labute approximate surface area is 385 Å². The van der Waals surface area contributed by atoms with Crippen LogP contribution in [0.4, 0.5) is 9.93 Å². The van der Waals surface area contributed by atoms with E-state index >= 15 is 0 Å². The highest BCUT2D eigenvalue weighted by Crippen LogP contribution is 2.48. The highest BCUT2D eigenvalue weighted by atomic mass is 32.2. The lowest BCUT2D eigenvalue weighted by molar-refractivity contribution is -0.145. The first kappa shape index (κ1) is 48.2. The number of hydrogen-bond acceptors (Lipinski definition) is 12. The van der Waals surface area contributed by atoms with Crippen molar-refractivity contribution in [3.8, 4) is 22.9 Å². The quantitative estimate of drug-likeness (QED) is 0.167.